The topological polar surface area (TPSA) is 12.0 Å². The van der Waals surface area contributed by atoms with Crippen LogP contribution in [-0.2, 0) is 0 Å². The molecule has 1 aromatic carbocycles. The molecule has 1 atom stereocenters. The summed E-state index contributed by atoms with van der Waals surface area (Å²) in [7, 11) is -3.54. The normalized spacial score (nSPS) is 18.6. The smallest absolute Gasteiger partial charge is 0.183 e. The van der Waals surface area contributed by atoms with Crippen molar-refractivity contribution < 1.29 is 0 Å². The van der Waals surface area contributed by atoms with Gasteiger partial charge in [0.05, 0.1) is 8.07 Å². The van der Waals surface area contributed by atoms with Crippen LogP contribution in [0.2, 0.25) is 24.7 Å². The highest BCUT2D eigenvalue weighted by atomic mass is 28.3. The standard InChI is InChI=1S/C22H37NSi2/c1-21(2,3)23-25(9,18-14-11-10-12-15-18)20-17-13-16-19(20)24(7,8)22(4,5)6/h10-16,23H,17H2,1-9H3. The molecule has 0 spiro atoms. The van der Waals surface area contributed by atoms with Crippen molar-refractivity contribution in [3.63, 3.8) is 0 Å². The lowest BCUT2D eigenvalue weighted by molar-refractivity contribution is 0.515. The van der Waals surface area contributed by atoms with E-state index in [1.807, 2.05) is 0 Å². The molecule has 1 aromatic rings. The van der Waals surface area contributed by atoms with E-state index >= 15 is 0 Å². The van der Waals surface area contributed by atoms with E-state index in [9.17, 15) is 0 Å². The first-order valence-electron chi connectivity index (χ1n) is 9.54. The van der Waals surface area contributed by atoms with E-state index in [0.29, 0.717) is 5.04 Å². The quantitative estimate of drug-likeness (QED) is 0.669. The van der Waals surface area contributed by atoms with Crippen molar-refractivity contribution in [1.29, 1.82) is 0 Å². The lowest BCUT2D eigenvalue weighted by atomic mass is 10.1. The summed E-state index contributed by atoms with van der Waals surface area (Å²) < 4.78 is 0. The van der Waals surface area contributed by atoms with E-state index in [-0.39, 0.29) is 5.54 Å². The number of hydrogen-bond donors (Lipinski definition) is 1. The summed E-state index contributed by atoms with van der Waals surface area (Å²) in [5, 5.41) is 5.26. The third-order valence-electron chi connectivity index (χ3n) is 6.06. The van der Waals surface area contributed by atoms with Crippen LogP contribution in [0.3, 0.4) is 0 Å². The van der Waals surface area contributed by atoms with Crippen LogP contribution in [-0.4, -0.2) is 21.8 Å². The highest BCUT2D eigenvalue weighted by molar-refractivity contribution is 6.98. The number of benzene rings is 1. The van der Waals surface area contributed by atoms with Crippen LogP contribution in [0.15, 0.2) is 52.9 Å². The zero-order chi connectivity index (χ0) is 19.1. The molecule has 0 saturated heterocycles. The molecule has 1 nitrogen and oxygen atoms in total. The van der Waals surface area contributed by atoms with E-state index in [0.717, 1.165) is 6.42 Å². The van der Waals surface area contributed by atoms with Crippen molar-refractivity contribution in [3.8, 4) is 0 Å². The Labute approximate surface area is 157 Å². The molecule has 2 rings (SSSR count). The van der Waals surface area contributed by atoms with Crippen LogP contribution < -0.4 is 10.2 Å². The lowest BCUT2D eigenvalue weighted by Crippen LogP contribution is -2.65. The monoisotopic (exact) mass is 371 g/mol. The van der Waals surface area contributed by atoms with Gasteiger partial charge in [-0.05, 0) is 44.0 Å². The second-order valence-corrected chi connectivity index (χ2v) is 19.2. The molecular weight excluding hydrogens is 334 g/mol. The maximum atomic E-state index is 4.11. The van der Waals surface area contributed by atoms with Crippen molar-refractivity contribution in [1.82, 2.24) is 4.98 Å². The molecule has 0 fully saturated rings. The van der Waals surface area contributed by atoms with Gasteiger partial charge in [0.1, 0.15) is 0 Å². The Morgan fingerprint density at radius 2 is 1.44 bits per heavy atom. The summed E-state index contributed by atoms with van der Waals surface area (Å²) in [6, 6.07) is 11.2. The van der Waals surface area contributed by atoms with Gasteiger partial charge in [0.15, 0.2) is 8.24 Å². The Morgan fingerprint density at radius 1 is 0.880 bits per heavy atom. The highest BCUT2D eigenvalue weighted by Gasteiger charge is 2.45. The fourth-order valence-electron chi connectivity index (χ4n) is 3.81. The molecule has 3 heteroatoms. The molecular formula is C22H37NSi2. The van der Waals surface area contributed by atoms with Gasteiger partial charge >= 0.3 is 0 Å². The predicted octanol–water partition coefficient (Wildman–Crippen LogP) is 5.70. The number of rotatable bonds is 4. The van der Waals surface area contributed by atoms with Gasteiger partial charge in [-0.1, -0.05) is 86.7 Å². The summed E-state index contributed by atoms with van der Waals surface area (Å²) >= 11 is 0. The second-order valence-electron chi connectivity index (χ2n) is 10.2. The average molecular weight is 372 g/mol. The van der Waals surface area contributed by atoms with Crippen LogP contribution in [0.5, 0.6) is 0 Å². The van der Waals surface area contributed by atoms with E-state index in [1.165, 1.54) is 5.19 Å². The van der Waals surface area contributed by atoms with Gasteiger partial charge in [0.25, 0.3) is 0 Å². The van der Waals surface area contributed by atoms with Gasteiger partial charge in [-0.15, -0.1) is 0 Å². The molecule has 0 radical (unpaired) electrons. The van der Waals surface area contributed by atoms with Crippen LogP contribution >= 0.6 is 0 Å². The molecule has 0 heterocycles. The largest absolute Gasteiger partial charge is 0.326 e. The Bertz CT molecular complexity index is 672. The number of nitrogens with one attached hydrogen (secondary N) is 1. The molecule has 138 valence electrons. The summed E-state index contributed by atoms with van der Waals surface area (Å²) in [4.78, 5) is 4.11. The SMILES string of the molecule is CC(C)(C)N[Si](C)(C1=C([Si](C)(C)C(C)(C)C)C=CC1)c1ccccc1. The van der Waals surface area contributed by atoms with Crippen molar-refractivity contribution in [2.45, 2.75) is 78.2 Å². The summed E-state index contributed by atoms with van der Waals surface area (Å²) in [6.45, 7) is 21.8. The van der Waals surface area contributed by atoms with Crippen LogP contribution in [0.25, 0.3) is 0 Å². The lowest BCUT2D eigenvalue weighted by Gasteiger charge is -2.43. The first-order chi connectivity index (χ1) is 11.3. The summed E-state index contributed by atoms with van der Waals surface area (Å²) in [6.07, 6.45) is 5.98. The first kappa shape index (κ1) is 20.4. The minimum absolute atomic E-state index is 0.102. The molecule has 0 aromatic heterocycles. The van der Waals surface area contributed by atoms with Gasteiger partial charge in [-0.25, -0.2) is 0 Å². The van der Waals surface area contributed by atoms with E-state index in [2.05, 4.69) is 109 Å². The van der Waals surface area contributed by atoms with Crippen LogP contribution in [0, 0.1) is 0 Å². The maximum Gasteiger partial charge on any atom is 0.183 e. The molecule has 25 heavy (non-hydrogen) atoms. The molecule has 1 aliphatic rings. The Kier molecular flexibility index (Phi) is 5.45. The van der Waals surface area contributed by atoms with Crippen LogP contribution in [0.1, 0.15) is 48.0 Å². The Hall–Kier alpha value is -0.906. The molecule has 0 bridgehead atoms. The van der Waals surface area contributed by atoms with Crippen molar-refractivity contribution in [2.24, 2.45) is 0 Å². The first-order valence-corrected chi connectivity index (χ1v) is 15.0. The summed E-state index contributed by atoms with van der Waals surface area (Å²) in [5.41, 5.74) is 0.102. The molecule has 1 N–H and O–H groups in total. The minimum atomic E-state index is -1.98. The molecule has 1 aliphatic carbocycles. The fourth-order valence-corrected chi connectivity index (χ4v) is 11.8. The van der Waals surface area contributed by atoms with Gasteiger partial charge in [0, 0.05) is 5.54 Å². The maximum absolute atomic E-state index is 4.11. The van der Waals surface area contributed by atoms with E-state index in [1.54, 1.807) is 10.4 Å². The van der Waals surface area contributed by atoms with E-state index < -0.39 is 16.3 Å². The third-order valence-corrected chi connectivity index (χ3v) is 16.3. The Morgan fingerprint density at radius 3 is 1.92 bits per heavy atom. The third kappa shape index (κ3) is 4.09. The zero-order valence-corrected chi connectivity index (χ0v) is 19.7. The fraction of sp³-hybridized carbons (Fsp3) is 0.545. The number of hydrogen-bond acceptors (Lipinski definition) is 1. The zero-order valence-electron chi connectivity index (χ0n) is 17.7. The summed E-state index contributed by atoms with van der Waals surface area (Å²) in [5.74, 6) is 0. The van der Waals surface area contributed by atoms with Crippen LogP contribution in [0.4, 0.5) is 0 Å². The van der Waals surface area contributed by atoms with Gasteiger partial charge in [-0.3, -0.25) is 0 Å². The molecule has 0 aliphatic heterocycles. The van der Waals surface area contributed by atoms with Crippen molar-refractivity contribution >= 4 is 21.5 Å². The molecule has 0 amide bonds. The molecule has 0 saturated carbocycles. The average Bonchev–Trinajstić information content (AvgIpc) is 2.96. The second kappa shape index (κ2) is 6.68. The van der Waals surface area contributed by atoms with Crippen molar-refractivity contribution in [3.05, 3.63) is 52.9 Å². The highest BCUT2D eigenvalue weighted by Crippen LogP contribution is 2.45. The van der Waals surface area contributed by atoms with E-state index in [4.69, 9.17) is 0 Å². The van der Waals surface area contributed by atoms with Gasteiger partial charge in [0.2, 0.25) is 0 Å². The van der Waals surface area contributed by atoms with Crippen molar-refractivity contribution in [2.75, 3.05) is 0 Å². The Balaban J connectivity index is 2.67. The molecule has 1 unspecified atom stereocenters. The number of allylic oxidation sites excluding steroid dienone is 4. The predicted molar refractivity (Wildman–Crippen MR) is 119 cm³/mol. The van der Waals surface area contributed by atoms with Gasteiger partial charge in [-0.2, -0.15) is 0 Å². The van der Waals surface area contributed by atoms with Gasteiger partial charge < -0.3 is 4.98 Å². The minimum Gasteiger partial charge on any atom is -0.326 e.